The van der Waals surface area contributed by atoms with E-state index in [1.807, 2.05) is 19.1 Å². The lowest BCUT2D eigenvalue weighted by molar-refractivity contribution is -0.115. The van der Waals surface area contributed by atoms with Gasteiger partial charge in [-0.05, 0) is 18.6 Å². The molecule has 0 atom stereocenters. The van der Waals surface area contributed by atoms with Crippen molar-refractivity contribution >= 4 is 23.2 Å². The molecule has 0 saturated heterocycles. The zero-order chi connectivity index (χ0) is 12.0. The van der Waals surface area contributed by atoms with Gasteiger partial charge in [0.15, 0.2) is 0 Å². The molecular formula is C12H13ClN2O. The van der Waals surface area contributed by atoms with Crippen LogP contribution >= 0.6 is 11.6 Å². The average Bonchev–Trinajstić information content (AvgIpc) is 2.24. The van der Waals surface area contributed by atoms with Crippen molar-refractivity contribution in [3.8, 4) is 12.3 Å². The molecule has 0 aliphatic heterocycles. The number of nitrogens with one attached hydrogen (secondary N) is 2. The highest BCUT2D eigenvalue weighted by Gasteiger charge is 2.07. The lowest BCUT2D eigenvalue weighted by Gasteiger charge is -2.10. The number of terminal acetylenes is 1. The summed E-state index contributed by atoms with van der Waals surface area (Å²) in [5.74, 6) is 2.23. The van der Waals surface area contributed by atoms with Crippen LogP contribution < -0.4 is 10.6 Å². The lowest BCUT2D eigenvalue weighted by Crippen LogP contribution is -2.28. The predicted octanol–water partition coefficient (Wildman–Crippen LogP) is 1.81. The van der Waals surface area contributed by atoms with Crippen LogP contribution in [-0.4, -0.2) is 19.0 Å². The summed E-state index contributed by atoms with van der Waals surface area (Å²) in [4.78, 5) is 11.5. The molecule has 0 saturated carbocycles. The monoisotopic (exact) mass is 236 g/mol. The van der Waals surface area contributed by atoms with E-state index in [1.165, 1.54) is 0 Å². The molecule has 0 radical (unpaired) electrons. The van der Waals surface area contributed by atoms with Gasteiger partial charge in [-0.3, -0.25) is 10.1 Å². The van der Waals surface area contributed by atoms with E-state index in [2.05, 4.69) is 16.6 Å². The average molecular weight is 237 g/mol. The number of para-hydroxylation sites is 1. The van der Waals surface area contributed by atoms with E-state index in [-0.39, 0.29) is 12.5 Å². The second-order valence-electron chi connectivity index (χ2n) is 3.29. The summed E-state index contributed by atoms with van der Waals surface area (Å²) in [6.45, 7) is 2.43. The van der Waals surface area contributed by atoms with E-state index in [0.29, 0.717) is 17.3 Å². The summed E-state index contributed by atoms with van der Waals surface area (Å²) in [6.07, 6.45) is 5.05. The van der Waals surface area contributed by atoms with Crippen LogP contribution in [0.3, 0.4) is 0 Å². The molecule has 3 nitrogen and oxygen atoms in total. The smallest absolute Gasteiger partial charge is 0.238 e. The fourth-order valence-corrected chi connectivity index (χ4v) is 1.49. The molecule has 0 heterocycles. The van der Waals surface area contributed by atoms with Gasteiger partial charge in [-0.15, -0.1) is 6.42 Å². The Morgan fingerprint density at radius 2 is 2.31 bits per heavy atom. The minimum absolute atomic E-state index is 0.161. The summed E-state index contributed by atoms with van der Waals surface area (Å²) in [7, 11) is 0. The van der Waals surface area contributed by atoms with Gasteiger partial charge in [0.1, 0.15) is 0 Å². The summed E-state index contributed by atoms with van der Waals surface area (Å²) >= 11 is 5.97. The van der Waals surface area contributed by atoms with Crippen LogP contribution in [0.4, 0.5) is 5.69 Å². The predicted molar refractivity (Wildman–Crippen MR) is 66.5 cm³/mol. The molecule has 0 bridgehead atoms. The minimum Gasteiger partial charge on any atom is -0.323 e. The van der Waals surface area contributed by atoms with Gasteiger partial charge in [0, 0.05) is 0 Å². The number of benzene rings is 1. The van der Waals surface area contributed by atoms with E-state index in [1.54, 1.807) is 6.07 Å². The van der Waals surface area contributed by atoms with Gasteiger partial charge in [0.2, 0.25) is 5.91 Å². The van der Waals surface area contributed by atoms with Crippen molar-refractivity contribution < 1.29 is 4.79 Å². The maximum absolute atomic E-state index is 11.5. The lowest BCUT2D eigenvalue weighted by atomic mass is 10.2. The first-order valence-corrected chi connectivity index (χ1v) is 5.22. The van der Waals surface area contributed by atoms with Gasteiger partial charge in [0.05, 0.1) is 23.8 Å². The van der Waals surface area contributed by atoms with Gasteiger partial charge >= 0.3 is 0 Å². The second kappa shape index (κ2) is 6.16. The molecule has 0 aromatic heterocycles. The molecule has 0 spiro atoms. The SMILES string of the molecule is C#CCNCC(=O)Nc1c(C)cccc1Cl. The zero-order valence-corrected chi connectivity index (χ0v) is 9.77. The van der Waals surface area contributed by atoms with Gasteiger partial charge in [-0.1, -0.05) is 29.7 Å². The van der Waals surface area contributed by atoms with Crippen LogP contribution in [0.25, 0.3) is 0 Å². The Morgan fingerprint density at radius 1 is 1.56 bits per heavy atom. The Labute approximate surface area is 100 Å². The minimum atomic E-state index is -0.161. The largest absolute Gasteiger partial charge is 0.323 e. The molecule has 1 aromatic rings. The molecule has 0 aliphatic rings. The van der Waals surface area contributed by atoms with Crippen molar-refractivity contribution in [3.05, 3.63) is 28.8 Å². The topological polar surface area (TPSA) is 41.1 Å². The van der Waals surface area contributed by atoms with Crippen LogP contribution in [-0.2, 0) is 4.79 Å². The maximum atomic E-state index is 11.5. The van der Waals surface area contributed by atoms with E-state index in [4.69, 9.17) is 18.0 Å². The Morgan fingerprint density at radius 3 is 2.94 bits per heavy atom. The van der Waals surface area contributed by atoms with E-state index >= 15 is 0 Å². The Kier molecular flexibility index (Phi) is 4.84. The van der Waals surface area contributed by atoms with Crippen molar-refractivity contribution in [2.24, 2.45) is 0 Å². The zero-order valence-electron chi connectivity index (χ0n) is 9.01. The van der Waals surface area contributed by atoms with Gasteiger partial charge < -0.3 is 5.32 Å². The Bertz CT molecular complexity index is 403. The van der Waals surface area contributed by atoms with Gasteiger partial charge in [-0.25, -0.2) is 0 Å². The molecule has 0 unspecified atom stereocenters. The molecule has 1 aromatic carbocycles. The summed E-state index contributed by atoms with van der Waals surface area (Å²) in [5.41, 5.74) is 1.58. The number of aryl methyl sites for hydroxylation is 1. The number of amides is 1. The van der Waals surface area contributed by atoms with Crippen LogP contribution in [0, 0.1) is 19.3 Å². The Hall–Kier alpha value is -1.50. The molecule has 2 N–H and O–H groups in total. The first-order chi connectivity index (χ1) is 7.65. The van der Waals surface area contributed by atoms with Gasteiger partial charge in [-0.2, -0.15) is 0 Å². The quantitative estimate of drug-likeness (QED) is 0.619. The molecule has 1 rings (SSSR count). The normalized spacial score (nSPS) is 9.56. The Balaban J connectivity index is 2.60. The molecule has 0 fully saturated rings. The number of carbonyl (C=O) groups excluding carboxylic acids is 1. The van der Waals surface area contributed by atoms with Crippen molar-refractivity contribution in [2.45, 2.75) is 6.92 Å². The number of carbonyl (C=O) groups is 1. The van der Waals surface area contributed by atoms with Crippen molar-refractivity contribution in [2.75, 3.05) is 18.4 Å². The van der Waals surface area contributed by atoms with Crippen molar-refractivity contribution in [1.82, 2.24) is 5.32 Å². The number of hydrogen-bond donors (Lipinski definition) is 2. The molecule has 4 heteroatoms. The fourth-order valence-electron chi connectivity index (χ4n) is 1.22. The van der Waals surface area contributed by atoms with E-state index < -0.39 is 0 Å². The number of hydrogen-bond acceptors (Lipinski definition) is 2. The third-order valence-electron chi connectivity index (χ3n) is 2.00. The second-order valence-corrected chi connectivity index (χ2v) is 3.69. The van der Waals surface area contributed by atoms with Crippen LogP contribution in [0.1, 0.15) is 5.56 Å². The van der Waals surface area contributed by atoms with Crippen LogP contribution in [0.15, 0.2) is 18.2 Å². The van der Waals surface area contributed by atoms with E-state index in [0.717, 1.165) is 5.56 Å². The third-order valence-corrected chi connectivity index (χ3v) is 2.31. The van der Waals surface area contributed by atoms with Crippen LogP contribution in [0.5, 0.6) is 0 Å². The van der Waals surface area contributed by atoms with Crippen LogP contribution in [0.2, 0.25) is 5.02 Å². The standard InChI is InChI=1S/C12H13ClN2O/c1-3-7-14-8-11(16)15-12-9(2)5-4-6-10(12)13/h1,4-6,14H,7-8H2,2H3,(H,15,16). The highest BCUT2D eigenvalue weighted by molar-refractivity contribution is 6.33. The first-order valence-electron chi connectivity index (χ1n) is 4.84. The number of halogens is 1. The third kappa shape index (κ3) is 3.58. The number of rotatable bonds is 4. The summed E-state index contributed by atoms with van der Waals surface area (Å²) < 4.78 is 0. The molecule has 84 valence electrons. The summed E-state index contributed by atoms with van der Waals surface area (Å²) in [5, 5.41) is 6.07. The molecule has 1 amide bonds. The van der Waals surface area contributed by atoms with Gasteiger partial charge in [0.25, 0.3) is 0 Å². The first kappa shape index (κ1) is 12.6. The van der Waals surface area contributed by atoms with Crippen molar-refractivity contribution in [1.29, 1.82) is 0 Å². The highest BCUT2D eigenvalue weighted by atomic mass is 35.5. The molecule has 16 heavy (non-hydrogen) atoms. The highest BCUT2D eigenvalue weighted by Crippen LogP contribution is 2.24. The maximum Gasteiger partial charge on any atom is 0.238 e. The van der Waals surface area contributed by atoms with E-state index in [9.17, 15) is 4.79 Å². The van der Waals surface area contributed by atoms with Crippen molar-refractivity contribution in [3.63, 3.8) is 0 Å². The molecule has 0 aliphatic carbocycles. The summed E-state index contributed by atoms with van der Waals surface area (Å²) in [6, 6.07) is 5.46. The number of anilines is 1. The molecular weight excluding hydrogens is 224 g/mol. The fraction of sp³-hybridized carbons (Fsp3) is 0.250.